The molecular weight excluding hydrogens is 174 g/mol. The molecule has 1 aromatic rings. The van der Waals surface area contributed by atoms with Crippen molar-refractivity contribution in [1.29, 1.82) is 0 Å². The van der Waals surface area contributed by atoms with Gasteiger partial charge >= 0.3 is 0 Å². The number of rotatable bonds is 1. The van der Waals surface area contributed by atoms with Crippen molar-refractivity contribution in [3.63, 3.8) is 0 Å². The Balaban J connectivity index is 0.000000424. The van der Waals surface area contributed by atoms with Gasteiger partial charge in [-0.1, -0.05) is 0 Å². The summed E-state index contributed by atoms with van der Waals surface area (Å²) in [6, 6.07) is 3.18. The quantitative estimate of drug-likeness (QED) is 0.630. The zero-order valence-electron chi connectivity index (χ0n) is 7.43. The molecule has 0 aliphatic heterocycles. The predicted octanol–water partition coefficient (Wildman–Crippen LogP) is 0.0947. The van der Waals surface area contributed by atoms with Crippen LogP contribution in [0.2, 0.25) is 0 Å². The van der Waals surface area contributed by atoms with E-state index in [0.717, 1.165) is 0 Å². The highest BCUT2D eigenvalue weighted by atomic mass is 16.5. The summed E-state index contributed by atoms with van der Waals surface area (Å²) >= 11 is 0. The Morgan fingerprint density at radius 2 is 2.15 bits per heavy atom. The summed E-state index contributed by atoms with van der Waals surface area (Å²) in [6.07, 6.45) is 1.67. The SMILES string of the molecule is COc1ccn(C)c(=O)c1.O=CO. The summed E-state index contributed by atoms with van der Waals surface area (Å²) in [5, 5.41) is 6.89. The molecule has 0 aliphatic rings. The average Bonchev–Trinajstić information content (AvgIpc) is 2.11. The molecule has 72 valence electrons. The summed E-state index contributed by atoms with van der Waals surface area (Å²) in [5.41, 5.74) is -0.0562. The van der Waals surface area contributed by atoms with Crippen LogP contribution < -0.4 is 10.3 Å². The molecule has 5 nitrogen and oxygen atoms in total. The first-order valence-electron chi connectivity index (χ1n) is 3.44. The first-order valence-corrected chi connectivity index (χ1v) is 3.44. The number of hydrogen-bond donors (Lipinski definition) is 1. The first kappa shape index (κ1) is 11.2. The lowest BCUT2D eigenvalue weighted by molar-refractivity contribution is -0.122. The van der Waals surface area contributed by atoms with E-state index in [1.807, 2.05) is 0 Å². The molecule has 13 heavy (non-hydrogen) atoms. The van der Waals surface area contributed by atoms with Crippen LogP contribution in [-0.4, -0.2) is 23.3 Å². The molecule has 1 heterocycles. The standard InChI is InChI=1S/C7H9NO2.CH2O2/c1-8-4-3-6(10-2)5-7(8)9;2-1-3/h3-5H,1-2H3;1H,(H,2,3). The molecule has 0 saturated carbocycles. The minimum atomic E-state index is -0.250. The van der Waals surface area contributed by atoms with Crippen molar-refractivity contribution in [2.45, 2.75) is 0 Å². The van der Waals surface area contributed by atoms with Gasteiger partial charge in [0.25, 0.3) is 12.0 Å². The van der Waals surface area contributed by atoms with Gasteiger partial charge in [-0.15, -0.1) is 0 Å². The molecule has 0 amide bonds. The van der Waals surface area contributed by atoms with E-state index in [1.165, 1.54) is 17.7 Å². The van der Waals surface area contributed by atoms with Crippen LogP contribution in [-0.2, 0) is 11.8 Å². The van der Waals surface area contributed by atoms with E-state index in [4.69, 9.17) is 14.6 Å². The Kier molecular flexibility index (Phi) is 5.02. The smallest absolute Gasteiger partial charge is 0.290 e. The molecule has 0 radical (unpaired) electrons. The molecule has 0 atom stereocenters. The summed E-state index contributed by atoms with van der Waals surface area (Å²) < 4.78 is 6.33. The minimum absolute atomic E-state index is 0.0562. The van der Waals surface area contributed by atoms with Crippen molar-refractivity contribution < 1.29 is 14.6 Å². The van der Waals surface area contributed by atoms with Crippen molar-refractivity contribution in [3.05, 3.63) is 28.7 Å². The van der Waals surface area contributed by atoms with Crippen LogP contribution in [0.15, 0.2) is 23.1 Å². The van der Waals surface area contributed by atoms with Crippen LogP contribution in [0.25, 0.3) is 0 Å². The molecule has 0 saturated heterocycles. The van der Waals surface area contributed by atoms with Crippen LogP contribution in [0.4, 0.5) is 0 Å². The van der Waals surface area contributed by atoms with E-state index < -0.39 is 0 Å². The molecule has 1 rings (SSSR count). The predicted molar refractivity (Wildman–Crippen MR) is 46.9 cm³/mol. The third kappa shape index (κ3) is 3.95. The van der Waals surface area contributed by atoms with Crippen molar-refractivity contribution in [2.24, 2.45) is 7.05 Å². The van der Waals surface area contributed by atoms with Crippen LogP contribution >= 0.6 is 0 Å². The molecule has 0 unspecified atom stereocenters. The van der Waals surface area contributed by atoms with Crippen molar-refractivity contribution in [1.82, 2.24) is 4.57 Å². The lowest BCUT2D eigenvalue weighted by Crippen LogP contribution is -2.13. The van der Waals surface area contributed by atoms with Gasteiger partial charge in [-0.05, 0) is 6.07 Å². The Morgan fingerprint density at radius 1 is 1.62 bits per heavy atom. The maximum absolute atomic E-state index is 10.9. The number of hydrogen-bond acceptors (Lipinski definition) is 3. The van der Waals surface area contributed by atoms with Crippen LogP contribution in [0.1, 0.15) is 0 Å². The van der Waals surface area contributed by atoms with Crippen molar-refractivity contribution in [2.75, 3.05) is 7.11 Å². The van der Waals surface area contributed by atoms with Crippen molar-refractivity contribution >= 4 is 6.47 Å². The van der Waals surface area contributed by atoms with Gasteiger partial charge in [0.1, 0.15) is 5.75 Å². The fraction of sp³-hybridized carbons (Fsp3) is 0.250. The minimum Gasteiger partial charge on any atom is -0.497 e. The molecule has 0 aliphatic carbocycles. The highest BCUT2D eigenvalue weighted by Gasteiger charge is 1.91. The number of aryl methyl sites for hydroxylation is 1. The molecule has 5 heteroatoms. The molecule has 1 N–H and O–H groups in total. The van der Waals surface area contributed by atoms with E-state index in [2.05, 4.69) is 0 Å². The third-order valence-corrected chi connectivity index (χ3v) is 1.31. The van der Waals surface area contributed by atoms with Gasteiger partial charge in [0.2, 0.25) is 0 Å². The lowest BCUT2D eigenvalue weighted by atomic mass is 10.4. The second-order valence-corrected chi connectivity index (χ2v) is 2.12. The van der Waals surface area contributed by atoms with Gasteiger partial charge < -0.3 is 14.4 Å². The number of carboxylic acid groups (broad SMARTS) is 1. The number of ether oxygens (including phenoxy) is 1. The Bertz CT molecular complexity index is 318. The van der Waals surface area contributed by atoms with E-state index in [-0.39, 0.29) is 12.0 Å². The van der Waals surface area contributed by atoms with E-state index in [9.17, 15) is 4.79 Å². The van der Waals surface area contributed by atoms with Gasteiger partial charge in [0.05, 0.1) is 7.11 Å². The number of methoxy groups -OCH3 is 1. The van der Waals surface area contributed by atoms with Crippen molar-refractivity contribution in [3.8, 4) is 5.75 Å². The van der Waals surface area contributed by atoms with E-state index in [0.29, 0.717) is 5.75 Å². The van der Waals surface area contributed by atoms with Gasteiger partial charge in [-0.3, -0.25) is 9.59 Å². The fourth-order valence-corrected chi connectivity index (χ4v) is 0.657. The summed E-state index contributed by atoms with van der Waals surface area (Å²) in [4.78, 5) is 19.2. The lowest BCUT2D eigenvalue weighted by Gasteiger charge is -1.98. The van der Waals surface area contributed by atoms with Gasteiger partial charge in [0, 0.05) is 19.3 Å². The topological polar surface area (TPSA) is 68.5 Å². The van der Waals surface area contributed by atoms with Gasteiger partial charge in [0.15, 0.2) is 0 Å². The first-order chi connectivity index (χ1) is 6.15. The summed E-state index contributed by atoms with van der Waals surface area (Å²) in [6.45, 7) is -0.250. The van der Waals surface area contributed by atoms with E-state index in [1.54, 1.807) is 19.3 Å². The van der Waals surface area contributed by atoms with Crippen LogP contribution in [0.5, 0.6) is 5.75 Å². The molecule has 1 aromatic heterocycles. The summed E-state index contributed by atoms with van der Waals surface area (Å²) in [7, 11) is 3.23. The normalized spacial score (nSPS) is 8.15. The number of aromatic nitrogens is 1. The number of nitrogens with zero attached hydrogens (tertiary/aromatic N) is 1. The van der Waals surface area contributed by atoms with E-state index >= 15 is 0 Å². The fourth-order valence-electron chi connectivity index (χ4n) is 0.657. The highest BCUT2D eigenvalue weighted by Crippen LogP contribution is 2.02. The molecule has 0 fully saturated rings. The molecule has 0 spiro atoms. The Morgan fingerprint density at radius 3 is 2.54 bits per heavy atom. The zero-order chi connectivity index (χ0) is 10.3. The maximum atomic E-state index is 10.9. The number of pyridine rings is 1. The second-order valence-electron chi connectivity index (χ2n) is 2.12. The zero-order valence-corrected chi connectivity index (χ0v) is 7.43. The molecule has 0 bridgehead atoms. The average molecular weight is 185 g/mol. The van der Waals surface area contributed by atoms with Gasteiger partial charge in [-0.2, -0.15) is 0 Å². The molecular formula is C8H11NO4. The Hall–Kier alpha value is -1.78. The maximum Gasteiger partial charge on any atom is 0.290 e. The second kappa shape index (κ2) is 5.82. The third-order valence-electron chi connectivity index (χ3n) is 1.31. The number of carbonyl (C=O) groups is 1. The van der Waals surface area contributed by atoms with Gasteiger partial charge in [-0.25, -0.2) is 0 Å². The highest BCUT2D eigenvalue weighted by molar-refractivity contribution is 5.32. The summed E-state index contributed by atoms with van der Waals surface area (Å²) in [5.74, 6) is 0.600. The Labute approximate surface area is 75.2 Å². The largest absolute Gasteiger partial charge is 0.497 e. The monoisotopic (exact) mass is 185 g/mol. The van der Waals surface area contributed by atoms with Crippen LogP contribution in [0, 0.1) is 0 Å². The van der Waals surface area contributed by atoms with Crippen LogP contribution in [0.3, 0.4) is 0 Å². The molecule has 0 aromatic carbocycles.